The van der Waals surface area contributed by atoms with Crippen LogP contribution in [0.4, 0.5) is 0 Å². The van der Waals surface area contributed by atoms with Crippen molar-refractivity contribution < 1.29 is 9.53 Å². The van der Waals surface area contributed by atoms with E-state index < -0.39 is 0 Å². The van der Waals surface area contributed by atoms with Crippen LogP contribution in [-0.2, 0) is 24.2 Å². The van der Waals surface area contributed by atoms with Crippen molar-refractivity contribution in [2.75, 3.05) is 32.8 Å². The van der Waals surface area contributed by atoms with Gasteiger partial charge in [0, 0.05) is 37.7 Å². The Hall–Kier alpha value is -2.04. The van der Waals surface area contributed by atoms with E-state index in [0.717, 1.165) is 56.3 Å². The highest BCUT2D eigenvalue weighted by Crippen LogP contribution is 2.29. The van der Waals surface area contributed by atoms with E-state index in [1.807, 2.05) is 29.2 Å². The third-order valence-corrected chi connectivity index (χ3v) is 6.00. The van der Waals surface area contributed by atoms with Crippen LogP contribution in [0.3, 0.4) is 0 Å². The maximum absolute atomic E-state index is 12.6. The molecule has 0 atom stereocenters. The molecule has 2 aromatic carbocycles. The summed E-state index contributed by atoms with van der Waals surface area (Å²) >= 11 is 5.95. The number of amides is 1. The van der Waals surface area contributed by atoms with Crippen molar-refractivity contribution in [1.29, 1.82) is 0 Å². The number of piperazine rings is 1. The molecule has 28 heavy (non-hydrogen) atoms. The van der Waals surface area contributed by atoms with E-state index in [1.54, 1.807) is 0 Å². The average Bonchev–Trinajstić information content (AvgIpc) is 2.74. The van der Waals surface area contributed by atoms with E-state index in [1.165, 1.54) is 29.5 Å². The van der Waals surface area contributed by atoms with E-state index >= 15 is 0 Å². The lowest BCUT2D eigenvalue weighted by molar-refractivity contribution is -0.135. The Kier molecular flexibility index (Phi) is 6.18. The first-order valence-electron chi connectivity index (χ1n) is 10.2. The van der Waals surface area contributed by atoms with Crippen LogP contribution in [0.2, 0.25) is 5.02 Å². The largest absolute Gasteiger partial charge is 0.483 e. The van der Waals surface area contributed by atoms with Crippen LogP contribution in [-0.4, -0.2) is 48.5 Å². The van der Waals surface area contributed by atoms with Crippen molar-refractivity contribution in [1.82, 2.24) is 9.80 Å². The predicted octanol–water partition coefficient (Wildman–Crippen LogP) is 3.94. The molecule has 0 bridgehead atoms. The second-order valence-corrected chi connectivity index (χ2v) is 8.11. The van der Waals surface area contributed by atoms with E-state index in [9.17, 15) is 4.79 Å². The highest BCUT2D eigenvalue weighted by Gasteiger charge is 2.22. The number of ether oxygens (including phenoxy) is 1. The molecule has 4 rings (SSSR count). The number of aryl methyl sites for hydroxylation is 1. The lowest BCUT2D eigenvalue weighted by atomic mass is 9.91. The molecule has 0 unspecified atom stereocenters. The molecule has 0 saturated carbocycles. The molecule has 1 fully saturated rings. The summed E-state index contributed by atoms with van der Waals surface area (Å²) in [5, 5.41) is 0.763. The van der Waals surface area contributed by atoms with Gasteiger partial charge in [-0.2, -0.15) is 0 Å². The first-order valence-corrected chi connectivity index (χ1v) is 10.5. The number of fused-ring (bicyclic) bond motifs is 1. The van der Waals surface area contributed by atoms with Gasteiger partial charge < -0.3 is 9.64 Å². The molecule has 1 aliphatic carbocycles. The zero-order chi connectivity index (χ0) is 19.3. The Bertz CT molecular complexity index is 814. The highest BCUT2D eigenvalue weighted by atomic mass is 35.5. The van der Waals surface area contributed by atoms with Crippen LogP contribution in [0, 0.1) is 0 Å². The zero-order valence-corrected chi connectivity index (χ0v) is 17.0. The Morgan fingerprint density at radius 3 is 2.50 bits per heavy atom. The predicted molar refractivity (Wildman–Crippen MR) is 112 cm³/mol. The van der Waals surface area contributed by atoms with Crippen molar-refractivity contribution in [3.05, 3.63) is 64.2 Å². The number of carbonyl (C=O) groups is 1. The summed E-state index contributed by atoms with van der Waals surface area (Å²) in [6, 6.07) is 14.2. The smallest absolute Gasteiger partial charge is 0.260 e. The van der Waals surface area contributed by atoms with Crippen LogP contribution < -0.4 is 4.74 Å². The molecule has 0 radical (unpaired) electrons. The molecule has 4 nitrogen and oxygen atoms in total. The summed E-state index contributed by atoms with van der Waals surface area (Å²) in [6.45, 7) is 4.30. The van der Waals surface area contributed by atoms with E-state index in [0.29, 0.717) is 0 Å². The van der Waals surface area contributed by atoms with E-state index in [2.05, 4.69) is 23.1 Å². The molecule has 0 N–H and O–H groups in total. The minimum absolute atomic E-state index is 0.0829. The van der Waals surface area contributed by atoms with Gasteiger partial charge in [0.1, 0.15) is 5.75 Å². The Balaban J connectivity index is 1.26. The van der Waals surface area contributed by atoms with Gasteiger partial charge in [-0.25, -0.2) is 0 Å². The summed E-state index contributed by atoms with van der Waals surface area (Å²) in [7, 11) is 0. The van der Waals surface area contributed by atoms with Crippen LogP contribution in [0.5, 0.6) is 5.75 Å². The topological polar surface area (TPSA) is 32.8 Å². The van der Waals surface area contributed by atoms with Crippen molar-refractivity contribution in [2.24, 2.45) is 0 Å². The fourth-order valence-corrected chi connectivity index (χ4v) is 4.24. The van der Waals surface area contributed by atoms with Crippen LogP contribution in [0.15, 0.2) is 42.5 Å². The van der Waals surface area contributed by atoms with Gasteiger partial charge in [-0.3, -0.25) is 9.69 Å². The Labute approximate surface area is 172 Å². The van der Waals surface area contributed by atoms with Gasteiger partial charge in [-0.05, 0) is 60.6 Å². The standard InChI is InChI=1S/C23H27ClN2O2/c24-20-10-8-18(9-11-20)16-25-12-14-26(15-13-25)23(27)17-28-22-7-3-5-19-4-1-2-6-21(19)22/h3,5,7-11H,1-2,4,6,12-17H2. The molecular weight excluding hydrogens is 372 g/mol. The number of hydrogen-bond acceptors (Lipinski definition) is 3. The minimum atomic E-state index is 0.0829. The summed E-state index contributed by atoms with van der Waals surface area (Å²) in [6.07, 6.45) is 4.63. The van der Waals surface area contributed by atoms with Crippen molar-refractivity contribution in [3.8, 4) is 5.75 Å². The third-order valence-electron chi connectivity index (χ3n) is 5.75. The van der Waals surface area contributed by atoms with Crippen LogP contribution in [0.25, 0.3) is 0 Å². The van der Waals surface area contributed by atoms with Crippen LogP contribution >= 0.6 is 11.6 Å². The van der Waals surface area contributed by atoms with Gasteiger partial charge in [0.05, 0.1) is 0 Å². The molecule has 2 aromatic rings. The maximum Gasteiger partial charge on any atom is 0.260 e. The molecule has 148 valence electrons. The number of hydrogen-bond donors (Lipinski definition) is 0. The summed E-state index contributed by atoms with van der Waals surface area (Å²) in [4.78, 5) is 16.9. The lowest BCUT2D eigenvalue weighted by Crippen LogP contribution is -2.49. The van der Waals surface area contributed by atoms with Gasteiger partial charge in [0.2, 0.25) is 0 Å². The number of rotatable bonds is 5. The molecule has 0 spiro atoms. The summed E-state index contributed by atoms with van der Waals surface area (Å²) in [5.41, 5.74) is 3.93. The Morgan fingerprint density at radius 2 is 1.71 bits per heavy atom. The van der Waals surface area contributed by atoms with E-state index in [4.69, 9.17) is 16.3 Å². The zero-order valence-electron chi connectivity index (χ0n) is 16.2. The maximum atomic E-state index is 12.6. The first kappa shape index (κ1) is 19.3. The fourth-order valence-electron chi connectivity index (χ4n) is 4.12. The van der Waals surface area contributed by atoms with Gasteiger partial charge in [-0.1, -0.05) is 35.9 Å². The number of carbonyl (C=O) groups excluding carboxylic acids is 1. The van der Waals surface area contributed by atoms with Crippen LogP contribution in [0.1, 0.15) is 29.5 Å². The minimum Gasteiger partial charge on any atom is -0.483 e. The normalized spacial score (nSPS) is 17.2. The van der Waals surface area contributed by atoms with Gasteiger partial charge in [0.25, 0.3) is 5.91 Å². The quantitative estimate of drug-likeness (QED) is 0.764. The van der Waals surface area contributed by atoms with Crippen molar-refractivity contribution >= 4 is 17.5 Å². The monoisotopic (exact) mass is 398 g/mol. The van der Waals surface area contributed by atoms with Gasteiger partial charge >= 0.3 is 0 Å². The molecule has 5 heteroatoms. The second-order valence-electron chi connectivity index (χ2n) is 7.67. The fraction of sp³-hybridized carbons (Fsp3) is 0.435. The summed E-state index contributed by atoms with van der Waals surface area (Å²) < 4.78 is 5.94. The molecule has 0 aromatic heterocycles. The third kappa shape index (κ3) is 4.68. The number of benzene rings is 2. The van der Waals surface area contributed by atoms with Crippen molar-refractivity contribution in [2.45, 2.75) is 32.2 Å². The molecule has 1 saturated heterocycles. The van der Waals surface area contributed by atoms with Crippen molar-refractivity contribution in [3.63, 3.8) is 0 Å². The first-order chi connectivity index (χ1) is 13.7. The summed E-state index contributed by atoms with van der Waals surface area (Å²) in [5.74, 6) is 0.978. The number of nitrogens with zero attached hydrogens (tertiary/aromatic N) is 2. The van der Waals surface area contributed by atoms with Gasteiger partial charge in [-0.15, -0.1) is 0 Å². The average molecular weight is 399 g/mol. The second kappa shape index (κ2) is 8.97. The molecule has 1 amide bonds. The SMILES string of the molecule is O=C(COc1cccc2c1CCCC2)N1CCN(Cc2ccc(Cl)cc2)CC1. The van der Waals surface area contributed by atoms with E-state index in [-0.39, 0.29) is 12.5 Å². The Morgan fingerprint density at radius 1 is 0.964 bits per heavy atom. The molecule has 1 aliphatic heterocycles. The number of halogens is 1. The lowest BCUT2D eigenvalue weighted by Gasteiger charge is -2.34. The molecule has 1 heterocycles. The molecular formula is C23H27ClN2O2. The van der Waals surface area contributed by atoms with Gasteiger partial charge in [0.15, 0.2) is 6.61 Å². The highest BCUT2D eigenvalue weighted by molar-refractivity contribution is 6.30. The molecule has 2 aliphatic rings.